The van der Waals surface area contributed by atoms with Crippen molar-refractivity contribution in [2.45, 2.75) is 39.2 Å². The highest BCUT2D eigenvalue weighted by molar-refractivity contribution is 6.33. The van der Waals surface area contributed by atoms with Gasteiger partial charge in [0.2, 0.25) is 0 Å². The van der Waals surface area contributed by atoms with Crippen molar-refractivity contribution in [3.63, 3.8) is 0 Å². The van der Waals surface area contributed by atoms with Crippen molar-refractivity contribution in [3.05, 3.63) is 33.8 Å². The summed E-state index contributed by atoms with van der Waals surface area (Å²) in [5.41, 5.74) is 0.759. The SMILES string of the molecule is CCCC(OCC)C(=O)Cc1cc(Cl)ccc1Cl. The summed E-state index contributed by atoms with van der Waals surface area (Å²) in [6.45, 7) is 4.47. The summed E-state index contributed by atoms with van der Waals surface area (Å²) >= 11 is 11.9. The first-order chi connectivity index (χ1) is 8.58. The van der Waals surface area contributed by atoms with Crippen LogP contribution in [0, 0.1) is 0 Å². The zero-order valence-electron chi connectivity index (χ0n) is 10.7. The minimum Gasteiger partial charge on any atom is -0.371 e. The van der Waals surface area contributed by atoms with E-state index >= 15 is 0 Å². The lowest BCUT2D eigenvalue weighted by molar-refractivity contribution is -0.130. The Bertz CT molecular complexity index is 399. The molecular weight excluding hydrogens is 271 g/mol. The van der Waals surface area contributed by atoms with Crippen LogP contribution in [0.5, 0.6) is 0 Å². The van der Waals surface area contributed by atoms with Gasteiger partial charge in [-0.25, -0.2) is 0 Å². The van der Waals surface area contributed by atoms with E-state index in [9.17, 15) is 4.79 Å². The van der Waals surface area contributed by atoms with E-state index in [0.29, 0.717) is 16.7 Å². The molecule has 1 rings (SSSR count). The number of halogens is 2. The second kappa shape index (κ2) is 7.78. The number of Topliss-reactive ketones (excluding diaryl/α,β-unsaturated/α-hetero) is 1. The van der Waals surface area contributed by atoms with Crippen LogP contribution in [-0.4, -0.2) is 18.5 Å². The third-order valence-electron chi connectivity index (χ3n) is 2.65. The third kappa shape index (κ3) is 4.60. The van der Waals surface area contributed by atoms with E-state index < -0.39 is 0 Å². The minimum absolute atomic E-state index is 0.0582. The topological polar surface area (TPSA) is 26.3 Å². The average molecular weight is 289 g/mol. The van der Waals surface area contributed by atoms with Gasteiger partial charge in [0.1, 0.15) is 6.10 Å². The van der Waals surface area contributed by atoms with Gasteiger partial charge in [-0.15, -0.1) is 0 Å². The summed E-state index contributed by atoms with van der Waals surface area (Å²) in [6, 6.07) is 5.16. The van der Waals surface area contributed by atoms with Crippen molar-refractivity contribution in [1.82, 2.24) is 0 Å². The molecule has 0 radical (unpaired) electrons. The Kier molecular flexibility index (Phi) is 6.69. The van der Waals surface area contributed by atoms with Gasteiger partial charge in [-0.2, -0.15) is 0 Å². The Labute approximate surface area is 118 Å². The molecule has 0 spiro atoms. The van der Waals surface area contributed by atoms with E-state index in [1.165, 1.54) is 0 Å². The molecule has 1 atom stereocenters. The van der Waals surface area contributed by atoms with E-state index in [0.717, 1.165) is 18.4 Å². The second-order valence-corrected chi connectivity index (χ2v) is 4.96. The summed E-state index contributed by atoms with van der Waals surface area (Å²) < 4.78 is 5.46. The fourth-order valence-corrected chi connectivity index (χ4v) is 2.16. The standard InChI is InChI=1S/C14H18Cl2O2/c1-3-5-14(18-4-2)13(17)9-10-8-11(15)6-7-12(10)16/h6-8,14H,3-5,9H2,1-2H3. The van der Waals surface area contributed by atoms with E-state index in [4.69, 9.17) is 27.9 Å². The number of ketones is 1. The number of benzene rings is 1. The van der Waals surface area contributed by atoms with Crippen molar-refractivity contribution in [3.8, 4) is 0 Å². The van der Waals surface area contributed by atoms with Crippen LogP contribution in [-0.2, 0) is 16.0 Å². The number of rotatable bonds is 7. The highest BCUT2D eigenvalue weighted by atomic mass is 35.5. The molecule has 1 unspecified atom stereocenters. The lowest BCUT2D eigenvalue weighted by Crippen LogP contribution is -2.26. The fraction of sp³-hybridized carbons (Fsp3) is 0.500. The molecule has 0 amide bonds. The number of hydrogen-bond donors (Lipinski definition) is 0. The van der Waals surface area contributed by atoms with Crippen LogP contribution in [0.1, 0.15) is 32.3 Å². The highest BCUT2D eigenvalue weighted by Crippen LogP contribution is 2.22. The molecule has 0 bridgehead atoms. The largest absolute Gasteiger partial charge is 0.371 e. The molecule has 1 aromatic rings. The number of ether oxygens (including phenoxy) is 1. The number of carbonyl (C=O) groups is 1. The smallest absolute Gasteiger partial charge is 0.165 e. The van der Waals surface area contributed by atoms with Crippen LogP contribution in [0.4, 0.5) is 0 Å². The quantitative estimate of drug-likeness (QED) is 0.747. The Morgan fingerprint density at radius 2 is 2.06 bits per heavy atom. The van der Waals surface area contributed by atoms with E-state index in [1.807, 2.05) is 13.8 Å². The average Bonchev–Trinajstić information content (AvgIpc) is 2.33. The van der Waals surface area contributed by atoms with E-state index in [-0.39, 0.29) is 18.3 Å². The lowest BCUT2D eigenvalue weighted by Gasteiger charge is -2.15. The normalized spacial score (nSPS) is 12.4. The first-order valence-electron chi connectivity index (χ1n) is 6.16. The number of carbonyl (C=O) groups excluding carboxylic acids is 1. The van der Waals surface area contributed by atoms with Crippen LogP contribution >= 0.6 is 23.2 Å². The fourth-order valence-electron chi connectivity index (χ4n) is 1.78. The van der Waals surface area contributed by atoms with Crippen molar-refractivity contribution < 1.29 is 9.53 Å². The Hall–Kier alpha value is -0.570. The predicted molar refractivity (Wildman–Crippen MR) is 75.5 cm³/mol. The summed E-state index contributed by atoms with van der Waals surface area (Å²) in [5.74, 6) is 0.0582. The van der Waals surface area contributed by atoms with Gasteiger partial charge in [-0.1, -0.05) is 36.5 Å². The maximum absolute atomic E-state index is 12.1. The molecule has 0 aromatic heterocycles. The zero-order valence-corrected chi connectivity index (χ0v) is 12.2. The molecule has 0 heterocycles. The zero-order chi connectivity index (χ0) is 13.5. The molecule has 0 saturated heterocycles. The highest BCUT2D eigenvalue weighted by Gasteiger charge is 2.19. The predicted octanol–water partition coefficient (Wildman–Crippen LogP) is 4.31. The summed E-state index contributed by atoms with van der Waals surface area (Å²) in [5, 5.41) is 1.16. The first kappa shape index (κ1) is 15.5. The van der Waals surface area contributed by atoms with Crippen LogP contribution < -0.4 is 0 Å². The van der Waals surface area contributed by atoms with Crippen molar-refractivity contribution >= 4 is 29.0 Å². The van der Waals surface area contributed by atoms with Crippen molar-refractivity contribution in [1.29, 1.82) is 0 Å². The molecular formula is C14H18Cl2O2. The molecule has 0 fully saturated rings. The van der Waals surface area contributed by atoms with Crippen LogP contribution in [0.25, 0.3) is 0 Å². The monoisotopic (exact) mass is 288 g/mol. The van der Waals surface area contributed by atoms with Gasteiger partial charge in [0, 0.05) is 23.1 Å². The van der Waals surface area contributed by atoms with Gasteiger partial charge in [-0.3, -0.25) is 4.79 Å². The first-order valence-corrected chi connectivity index (χ1v) is 6.92. The summed E-state index contributed by atoms with van der Waals surface area (Å²) in [4.78, 5) is 12.1. The third-order valence-corrected chi connectivity index (χ3v) is 3.25. The molecule has 2 nitrogen and oxygen atoms in total. The maximum atomic E-state index is 12.1. The Balaban J connectivity index is 2.75. The molecule has 18 heavy (non-hydrogen) atoms. The summed E-state index contributed by atoms with van der Waals surface area (Å²) in [7, 11) is 0. The molecule has 0 N–H and O–H groups in total. The molecule has 4 heteroatoms. The van der Waals surface area contributed by atoms with Gasteiger partial charge >= 0.3 is 0 Å². The Morgan fingerprint density at radius 3 is 2.67 bits per heavy atom. The van der Waals surface area contributed by atoms with Crippen LogP contribution in [0.2, 0.25) is 10.0 Å². The van der Waals surface area contributed by atoms with Gasteiger partial charge in [0.05, 0.1) is 0 Å². The van der Waals surface area contributed by atoms with Crippen molar-refractivity contribution in [2.75, 3.05) is 6.61 Å². The second-order valence-electron chi connectivity index (χ2n) is 4.11. The van der Waals surface area contributed by atoms with Gasteiger partial charge in [0.15, 0.2) is 5.78 Å². The van der Waals surface area contributed by atoms with Gasteiger partial charge in [0.25, 0.3) is 0 Å². The van der Waals surface area contributed by atoms with Crippen LogP contribution in [0.3, 0.4) is 0 Å². The molecule has 0 saturated carbocycles. The Morgan fingerprint density at radius 1 is 1.33 bits per heavy atom. The molecule has 0 aliphatic heterocycles. The molecule has 0 aliphatic carbocycles. The number of hydrogen-bond acceptors (Lipinski definition) is 2. The molecule has 0 aliphatic rings. The minimum atomic E-state index is -0.338. The van der Waals surface area contributed by atoms with Gasteiger partial charge in [-0.05, 0) is 37.1 Å². The summed E-state index contributed by atoms with van der Waals surface area (Å²) in [6.07, 6.45) is 1.59. The van der Waals surface area contributed by atoms with Crippen LogP contribution in [0.15, 0.2) is 18.2 Å². The van der Waals surface area contributed by atoms with Gasteiger partial charge < -0.3 is 4.74 Å². The van der Waals surface area contributed by atoms with E-state index in [2.05, 4.69) is 0 Å². The van der Waals surface area contributed by atoms with Crippen molar-refractivity contribution in [2.24, 2.45) is 0 Å². The van der Waals surface area contributed by atoms with E-state index in [1.54, 1.807) is 18.2 Å². The lowest BCUT2D eigenvalue weighted by atomic mass is 10.0. The maximum Gasteiger partial charge on any atom is 0.165 e. The molecule has 100 valence electrons. The molecule has 1 aromatic carbocycles.